The lowest BCUT2D eigenvalue weighted by atomic mass is 9.93. The summed E-state index contributed by atoms with van der Waals surface area (Å²) in [5, 5.41) is 18.3. The molecule has 0 spiro atoms. The first kappa shape index (κ1) is 25.2. The Bertz CT molecular complexity index is 1390. The van der Waals surface area contributed by atoms with Crippen molar-refractivity contribution in [1.29, 1.82) is 0 Å². The van der Waals surface area contributed by atoms with Gasteiger partial charge in [0.25, 0.3) is 11.6 Å². The summed E-state index contributed by atoms with van der Waals surface area (Å²) < 4.78 is 0. The summed E-state index contributed by atoms with van der Waals surface area (Å²) in [4.78, 5) is 42.9. The van der Waals surface area contributed by atoms with Gasteiger partial charge in [-0.2, -0.15) is 0 Å². The van der Waals surface area contributed by atoms with E-state index in [-0.39, 0.29) is 23.5 Å². The fourth-order valence-electron chi connectivity index (χ4n) is 5.46. The minimum atomic E-state index is -0.754. The highest BCUT2D eigenvalue weighted by atomic mass is 32.1. The molecule has 2 aromatic carbocycles. The van der Waals surface area contributed by atoms with Gasteiger partial charge in [0.15, 0.2) is 0 Å². The van der Waals surface area contributed by atoms with Crippen molar-refractivity contribution in [1.82, 2.24) is 10.3 Å². The lowest BCUT2D eigenvalue weighted by molar-refractivity contribution is -0.384. The first-order valence-electron chi connectivity index (χ1n) is 12.9. The van der Waals surface area contributed by atoms with Gasteiger partial charge in [-0.1, -0.05) is 18.2 Å². The van der Waals surface area contributed by atoms with Gasteiger partial charge >= 0.3 is 0 Å². The molecule has 4 heterocycles. The molecule has 10 nitrogen and oxygen atoms in total. The number of nitrogens with one attached hydrogen (secondary N) is 2. The number of nitrogens with zero attached hydrogens (tertiary/aromatic N) is 4. The van der Waals surface area contributed by atoms with E-state index in [1.54, 1.807) is 23.5 Å². The van der Waals surface area contributed by atoms with Gasteiger partial charge in [0, 0.05) is 61.0 Å². The molecule has 2 fully saturated rings. The molecule has 2 amide bonds. The molecule has 200 valence electrons. The summed E-state index contributed by atoms with van der Waals surface area (Å²) in [5.41, 5.74) is 5.51. The number of piperazine rings is 1. The highest BCUT2D eigenvalue weighted by Crippen LogP contribution is 2.36. The molecule has 3 aliphatic heterocycles. The number of fused-ring (bicyclic) bond motifs is 1. The van der Waals surface area contributed by atoms with Crippen LogP contribution in [0.4, 0.5) is 22.7 Å². The number of nitro benzene ring substituents is 1. The zero-order chi connectivity index (χ0) is 26.9. The van der Waals surface area contributed by atoms with Crippen LogP contribution in [-0.2, 0) is 16.0 Å². The van der Waals surface area contributed by atoms with Crippen molar-refractivity contribution in [2.75, 3.05) is 41.4 Å². The van der Waals surface area contributed by atoms with Crippen LogP contribution in [-0.4, -0.2) is 60.0 Å². The molecule has 11 heteroatoms. The molecule has 0 aliphatic carbocycles. The molecule has 3 atom stereocenters. The molecule has 6 rings (SSSR count). The molecule has 0 bridgehead atoms. The average Bonchev–Trinajstić information content (AvgIpc) is 3.56. The number of amides is 2. The molecule has 3 aliphatic rings. The van der Waals surface area contributed by atoms with Crippen molar-refractivity contribution in [2.24, 2.45) is 5.92 Å². The maximum atomic E-state index is 13.9. The molecule has 2 saturated heterocycles. The van der Waals surface area contributed by atoms with E-state index in [4.69, 9.17) is 0 Å². The van der Waals surface area contributed by atoms with Crippen LogP contribution in [0.25, 0.3) is 0 Å². The zero-order valence-electron chi connectivity index (χ0n) is 21.1. The summed E-state index contributed by atoms with van der Waals surface area (Å²) in [7, 11) is 0. The van der Waals surface area contributed by atoms with Crippen LogP contribution in [0.5, 0.6) is 0 Å². The number of hydrogen-bond acceptors (Lipinski definition) is 9. The third-order valence-electron chi connectivity index (χ3n) is 7.43. The second kappa shape index (κ2) is 10.6. The van der Waals surface area contributed by atoms with Crippen LogP contribution in [0.3, 0.4) is 0 Å². The van der Waals surface area contributed by atoms with Crippen molar-refractivity contribution in [3.63, 3.8) is 0 Å². The van der Waals surface area contributed by atoms with Crippen LogP contribution < -0.4 is 20.5 Å². The van der Waals surface area contributed by atoms with Gasteiger partial charge < -0.3 is 15.6 Å². The fraction of sp³-hybridized carbons (Fsp3) is 0.286. The van der Waals surface area contributed by atoms with Crippen LogP contribution in [0.1, 0.15) is 4.88 Å². The number of imide groups is 1. The Morgan fingerprint density at radius 1 is 0.949 bits per heavy atom. The second-order valence-corrected chi connectivity index (χ2v) is 10.8. The van der Waals surface area contributed by atoms with E-state index in [9.17, 15) is 19.7 Å². The monoisotopic (exact) mass is 544 g/mol. The number of hydrazine groups is 1. The maximum Gasteiger partial charge on any atom is 0.269 e. The van der Waals surface area contributed by atoms with E-state index in [1.165, 1.54) is 17.0 Å². The quantitative estimate of drug-likeness (QED) is 0.202. The number of anilines is 3. The predicted molar refractivity (Wildman–Crippen MR) is 151 cm³/mol. The standard InChI is InChI=1S/C28H28N6O4S/c35-27-25-12-11-23(18-24-2-1-17-39-24)33(30-19-3-5-22(6-4-19)34(37)38)26(25)28(36)32(27)21-9-7-20(8-10-21)31-15-13-29-14-16-31/h1-12,17,23,25-26,29-30H,13-16,18H2/t23-,25-,26+/m1/s1. The molecular weight excluding hydrogens is 516 g/mol. The zero-order valence-corrected chi connectivity index (χ0v) is 21.9. The molecule has 3 aromatic rings. The van der Waals surface area contributed by atoms with Crippen molar-refractivity contribution >= 4 is 45.9 Å². The lowest BCUT2D eigenvalue weighted by Crippen LogP contribution is -2.54. The normalized spacial score (nSPS) is 23.2. The van der Waals surface area contributed by atoms with E-state index in [2.05, 4.69) is 15.6 Å². The number of nitro groups is 1. The van der Waals surface area contributed by atoms with E-state index >= 15 is 0 Å². The molecule has 39 heavy (non-hydrogen) atoms. The van der Waals surface area contributed by atoms with Crippen molar-refractivity contribution < 1.29 is 14.5 Å². The summed E-state index contributed by atoms with van der Waals surface area (Å²) in [6.07, 6.45) is 4.48. The molecule has 0 saturated carbocycles. The predicted octanol–water partition coefficient (Wildman–Crippen LogP) is 3.43. The number of carbonyl (C=O) groups is 2. The topological polar surface area (TPSA) is 111 Å². The van der Waals surface area contributed by atoms with Crippen LogP contribution in [0, 0.1) is 16.0 Å². The average molecular weight is 545 g/mol. The van der Waals surface area contributed by atoms with Crippen molar-refractivity contribution in [2.45, 2.75) is 18.5 Å². The number of thiophene rings is 1. The molecule has 0 unspecified atom stereocenters. The van der Waals surface area contributed by atoms with Gasteiger partial charge in [0.1, 0.15) is 6.04 Å². The Morgan fingerprint density at radius 2 is 1.67 bits per heavy atom. The Hall–Kier alpha value is -4.06. The third-order valence-corrected chi connectivity index (χ3v) is 8.33. The highest BCUT2D eigenvalue weighted by Gasteiger charge is 2.53. The minimum Gasteiger partial charge on any atom is -0.369 e. The van der Waals surface area contributed by atoms with E-state index < -0.39 is 16.9 Å². The van der Waals surface area contributed by atoms with E-state index in [0.29, 0.717) is 17.8 Å². The first-order valence-corrected chi connectivity index (χ1v) is 13.8. The Labute approximate surface area is 229 Å². The minimum absolute atomic E-state index is 0.0188. The highest BCUT2D eigenvalue weighted by molar-refractivity contribution is 7.09. The maximum absolute atomic E-state index is 13.9. The van der Waals surface area contributed by atoms with Crippen molar-refractivity contribution in [3.8, 4) is 0 Å². The summed E-state index contributed by atoms with van der Waals surface area (Å²) in [5.74, 6) is -1.20. The summed E-state index contributed by atoms with van der Waals surface area (Å²) >= 11 is 1.63. The Morgan fingerprint density at radius 3 is 2.33 bits per heavy atom. The number of non-ortho nitro benzene ring substituents is 1. The van der Waals surface area contributed by atoms with Gasteiger partial charge in [0.05, 0.1) is 22.6 Å². The fourth-order valence-corrected chi connectivity index (χ4v) is 6.21. The van der Waals surface area contributed by atoms with Crippen molar-refractivity contribution in [3.05, 3.63) is 93.2 Å². The Balaban J connectivity index is 1.29. The van der Waals surface area contributed by atoms with Gasteiger partial charge in [-0.15, -0.1) is 11.3 Å². The van der Waals surface area contributed by atoms with E-state index in [0.717, 1.165) is 36.7 Å². The van der Waals surface area contributed by atoms with Gasteiger partial charge in [-0.05, 0) is 47.8 Å². The first-order chi connectivity index (χ1) is 19.0. The lowest BCUT2D eigenvalue weighted by Gasteiger charge is -2.38. The summed E-state index contributed by atoms with van der Waals surface area (Å²) in [6.45, 7) is 3.66. The molecule has 1 aromatic heterocycles. The Kier molecular flexibility index (Phi) is 6.86. The van der Waals surface area contributed by atoms with Crippen LogP contribution in [0.15, 0.2) is 78.2 Å². The SMILES string of the molecule is O=C1[C@@H]2[C@@H](C=C[C@H](Cc3cccs3)N2Nc2ccc([N+](=O)[O-])cc2)C(=O)N1c1ccc(N2CCNCC2)cc1. The smallest absolute Gasteiger partial charge is 0.269 e. The second-order valence-electron chi connectivity index (χ2n) is 9.79. The van der Waals surface area contributed by atoms with Gasteiger partial charge in [0.2, 0.25) is 5.91 Å². The largest absolute Gasteiger partial charge is 0.369 e. The van der Waals surface area contributed by atoms with Gasteiger partial charge in [-0.25, -0.2) is 9.91 Å². The number of benzene rings is 2. The number of rotatable bonds is 7. The van der Waals surface area contributed by atoms with Crippen LogP contribution >= 0.6 is 11.3 Å². The van der Waals surface area contributed by atoms with E-state index in [1.807, 2.05) is 58.9 Å². The third kappa shape index (κ3) is 4.91. The summed E-state index contributed by atoms with van der Waals surface area (Å²) in [6, 6.07) is 16.7. The molecule has 2 N–H and O–H groups in total. The van der Waals surface area contributed by atoms with Crippen LogP contribution in [0.2, 0.25) is 0 Å². The molecule has 0 radical (unpaired) electrons. The number of carbonyl (C=O) groups excluding carboxylic acids is 2. The van der Waals surface area contributed by atoms with Gasteiger partial charge in [-0.3, -0.25) is 19.7 Å². The number of hydrogen-bond donors (Lipinski definition) is 2. The molecular formula is C28H28N6O4S.